The maximum absolute atomic E-state index is 10.2. The Kier molecular flexibility index (Phi) is 4.93. The molecular formula is C23H31N7O. The van der Waals surface area contributed by atoms with E-state index in [-0.39, 0.29) is 5.75 Å². The number of nitrogens with zero attached hydrogens (tertiary/aromatic N) is 5. The Labute approximate surface area is 183 Å². The van der Waals surface area contributed by atoms with Crippen molar-refractivity contribution in [3.63, 3.8) is 0 Å². The SMILES string of the molecule is Oc1ccccc1-c1cc2c(nn1)NC[C@H]1CN(C3CN(C4CCNCC4)C3)CCN21. The van der Waals surface area contributed by atoms with Crippen molar-refractivity contribution in [1.29, 1.82) is 0 Å². The topological polar surface area (TPSA) is 79.8 Å². The maximum atomic E-state index is 10.2. The second kappa shape index (κ2) is 7.93. The molecule has 0 saturated carbocycles. The molecule has 8 nitrogen and oxygen atoms in total. The van der Waals surface area contributed by atoms with Crippen LogP contribution in [0.2, 0.25) is 0 Å². The molecule has 5 heterocycles. The number of hydrogen-bond donors (Lipinski definition) is 3. The number of phenolic OH excluding ortho intramolecular Hbond substituents is 1. The average Bonchev–Trinajstić information content (AvgIpc) is 2.78. The molecule has 4 aliphatic heterocycles. The van der Waals surface area contributed by atoms with Gasteiger partial charge in [0.05, 0.1) is 17.4 Å². The van der Waals surface area contributed by atoms with Crippen molar-refractivity contribution in [2.24, 2.45) is 0 Å². The van der Waals surface area contributed by atoms with Crippen LogP contribution in [0.1, 0.15) is 12.8 Å². The monoisotopic (exact) mass is 421 g/mol. The molecular weight excluding hydrogens is 390 g/mol. The largest absolute Gasteiger partial charge is 0.507 e. The van der Waals surface area contributed by atoms with Gasteiger partial charge in [-0.15, -0.1) is 10.2 Å². The van der Waals surface area contributed by atoms with Gasteiger partial charge in [0.1, 0.15) is 5.75 Å². The summed E-state index contributed by atoms with van der Waals surface area (Å²) in [6.45, 7) is 8.88. The average molecular weight is 422 g/mol. The standard InChI is InChI=1S/C23H31N7O/c31-22-4-2-1-3-19(22)20-11-21-23(27-26-20)25-12-17-13-28(9-10-30(17)21)18-14-29(15-18)16-5-7-24-8-6-16/h1-4,11,16-18,24,31H,5-10,12-15H2,(H,25,27)/t17-/m0/s1. The van der Waals surface area contributed by atoms with Crippen molar-refractivity contribution in [2.45, 2.75) is 31.0 Å². The van der Waals surface area contributed by atoms with E-state index >= 15 is 0 Å². The minimum absolute atomic E-state index is 0.241. The molecule has 3 saturated heterocycles. The third-order valence-electron chi connectivity index (χ3n) is 7.51. The fourth-order valence-corrected chi connectivity index (χ4v) is 5.65. The van der Waals surface area contributed by atoms with Crippen LogP contribution in [-0.4, -0.2) is 95.6 Å². The Morgan fingerprint density at radius 1 is 0.903 bits per heavy atom. The molecule has 1 aromatic heterocycles. The first-order chi connectivity index (χ1) is 15.3. The van der Waals surface area contributed by atoms with Crippen molar-refractivity contribution >= 4 is 11.5 Å². The second-order valence-corrected chi connectivity index (χ2v) is 9.29. The van der Waals surface area contributed by atoms with Crippen LogP contribution < -0.4 is 15.5 Å². The lowest BCUT2D eigenvalue weighted by atomic mass is 9.96. The summed E-state index contributed by atoms with van der Waals surface area (Å²) < 4.78 is 0. The summed E-state index contributed by atoms with van der Waals surface area (Å²) in [5, 5.41) is 26.0. The number of fused-ring (bicyclic) bond motifs is 3. The molecule has 0 aliphatic carbocycles. The molecule has 2 aromatic rings. The number of likely N-dealkylation sites (tertiary alicyclic amines) is 1. The predicted molar refractivity (Wildman–Crippen MR) is 122 cm³/mol. The number of nitrogens with one attached hydrogen (secondary N) is 2. The van der Waals surface area contributed by atoms with Gasteiger partial charge in [-0.1, -0.05) is 12.1 Å². The normalized spacial score (nSPS) is 25.4. The first-order valence-corrected chi connectivity index (χ1v) is 11.6. The van der Waals surface area contributed by atoms with Gasteiger partial charge >= 0.3 is 0 Å². The van der Waals surface area contributed by atoms with Crippen molar-refractivity contribution < 1.29 is 5.11 Å². The van der Waals surface area contributed by atoms with E-state index in [2.05, 4.69) is 41.6 Å². The first kappa shape index (κ1) is 19.3. The molecule has 0 unspecified atom stereocenters. The Morgan fingerprint density at radius 2 is 1.71 bits per heavy atom. The summed E-state index contributed by atoms with van der Waals surface area (Å²) in [5.41, 5.74) is 2.55. The number of hydrogen-bond acceptors (Lipinski definition) is 8. The van der Waals surface area contributed by atoms with Gasteiger partial charge in [-0.25, -0.2) is 0 Å². The highest BCUT2D eigenvalue weighted by atomic mass is 16.3. The van der Waals surface area contributed by atoms with Gasteiger partial charge in [0.25, 0.3) is 0 Å². The molecule has 1 aromatic carbocycles. The molecule has 0 spiro atoms. The molecule has 8 heteroatoms. The number of anilines is 2. The summed E-state index contributed by atoms with van der Waals surface area (Å²) in [6, 6.07) is 11.3. The van der Waals surface area contributed by atoms with Crippen LogP contribution in [0.4, 0.5) is 11.5 Å². The van der Waals surface area contributed by atoms with Crippen LogP contribution in [0.15, 0.2) is 30.3 Å². The molecule has 164 valence electrons. The van der Waals surface area contributed by atoms with Crippen molar-refractivity contribution in [3.8, 4) is 17.0 Å². The Morgan fingerprint density at radius 3 is 2.55 bits per heavy atom. The first-order valence-electron chi connectivity index (χ1n) is 11.6. The smallest absolute Gasteiger partial charge is 0.172 e. The van der Waals surface area contributed by atoms with E-state index in [4.69, 9.17) is 0 Å². The third kappa shape index (κ3) is 3.52. The minimum atomic E-state index is 0.241. The summed E-state index contributed by atoms with van der Waals surface area (Å²) in [4.78, 5) is 7.88. The number of piperazine rings is 1. The van der Waals surface area contributed by atoms with E-state index in [1.807, 2.05) is 18.2 Å². The molecule has 4 aliphatic rings. The molecule has 31 heavy (non-hydrogen) atoms. The van der Waals surface area contributed by atoms with Gasteiger partial charge < -0.3 is 20.6 Å². The number of benzene rings is 1. The summed E-state index contributed by atoms with van der Waals surface area (Å²) >= 11 is 0. The quantitative estimate of drug-likeness (QED) is 0.682. The highest BCUT2D eigenvalue weighted by Crippen LogP contribution is 2.36. The van der Waals surface area contributed by atoms with Crippen molar-refractivity contribution in [3.05, 3.63) is 30.3 Å². The van der Waals surface area contributed by atoms with Gasteiger partial charge in [-0.05, 0) is 44.1 Å². The van der Waals surface area contributed by atoms with E-state index in [0.717, 1.165) is 55.0 Å². The third-order valence-corrected chi connectivity index (χ3v) is 7.51. The van der Waals surface area contributed by atoms with Gasteiger partial charge in [0.2, 0.25) is 0 Å². The molecule has 0 bridgehead atoms. The van der Waals surface area contributed by atoms with E-state index in [1.165, 1.54) is 39.0 Å². The number of aromatic hydroxyl groups is 1. The molecule has 3 fully saturated rings. The zero-order valence-corrected chi connectivity index (χ0v) is 17.9. The Balaban J connectivity index is 1.14. The summed E-state index contributed by atoms with van der Waals surface area (Å²) in [5.74, 6) is 1.09. The lowest BCUT2D eigenvalue weighted by Gasteiger charge is -2.54. The van der Waals surface area contributed by atoms with Gasteiger partial charge in [-0.2, -0.15) is 0 Å². The van der Waals surface area contributed by atoms with Crippen LogP contribution in [0, 0.1) is 0 Å². The lowest BCUT2D eigenvalue weighted by Crippen LogP contribution is -2.68. The van der Waals surface area contributed by atoms with Crippen LogP contribution >= 0.6 is 0 Å². The van der Waals surface area contributed by atoms with Crippen LogP contribution in [0.25, 0.3) is 11.3 Å². The lowest BCUT2D eigenvalue weighted by molar-refractivity contribution is -0.0105. The number of rotatable bonds is 3. The predicted octanol–water partition coefficient (Wildman–Crippen LogP) is 1.20. The fourth-order valence-electron chi connectivity index (χ4n) is 5.65. The minimum Gasteiger partial charge on any atom is -0.507 e. The van der Waals surface area contributed by atoms with E-state index in [9.17, 15) is 5.11 Å². The summed E-state index contributed by atoms with van der Waals surface area (Å²) in [7, 11) is 0. The Bertz CT molecular complexity index is 941. The number of para-hydroxylation sites is 1. The van der Waals surface area contributed by atoms with E-state index in [0.29, 0.717) is 12.1 Å². The van der Waals surface area contributed by atoms with E-state index in [1.54, 1.807) is 6.07 Å². The number of piperidine rings is 1. The molecule has 6 rings (SSSR count). The van der Waals surface area contributed by atoms with Crippen LogP contribution in [0.3, 0.4) is 0 Å². The summed E-state index contributed by atoms with van der Waals surface area (Å²) in [6.07, 6.45) is 2.59. The fraction of sp³-hybridized carbons (Fsp3) is 0.565. The zero-order valence-electron chi connectivity index (χ0n) is 17.9. The number of phenols is 1. The molecule has 3 N–H and O–H groups in total. The van der Waals surface area contributed by atoms with Gasteiger partial charge in [0, 0.05) is 56.9 Å². The number of aromatic nitrogens is 2. The van der Waals surface area contributed by atoms with E-state index < -0.39 is 0 Å². The zero-order chi connectivity index (χ0) is 20.8. The molecule has 1 atom stereocenters. The van der Waals surface area contributed by atoms with Crippen LogP contribution in [-0.2, 0) is 0 Å². The highest BCUT2D eigenvalue weighted by Gasteiger charge is 2.40. The van der Waals surface area contributed by atoms with Gasteiger partial charge in [0.15, 0.2) is 5.82 Å². The second-order valence-electron chi connectivity index (χ2n) is 9.29. The molecule has 0 radical (unpaired) electrons. The maximum Gasteiger partial charge on any atom is 0.172 e. The van der Waals surface area contributed by atoms with Crippen molar-refractivity contribution in [2.75, 3.05) is 62.6 Å². The van der Waals surface area contributed by atoms with Crippen LogP contribution in [0.5, 0.6) is 5.75 Å². The molecule has 0 amide bonds. The highest BCUT2D eigenvalue weighted by molar-refractivity contribution is 5.76. The van der Waals surface area contributed by atoms with Gasteiger partial charge in [-0.3, -0.25) is 9.80 Å². The Hall–Kier alpha value is -2.42. The van der Waals surface area contributed by atoms with Crippen molar-refractivity contribution in [1.82, 2.24) is 25.3 Å².